The molecule has 1 heterocycles. The van der Waals surface area contributed by atoms with Crippen molar-refractivity contribution < 1.29 is 9.53 Å². The molecule has 0 saturated carbocycles. The van der Waals surface area contributed by atoms with Gasteiger partial charge in [0.2, 0.25) is 0 Å². The lowest BCUT2D eigenvalue weighted by Gasteiger charge is -2.01. The molecule has 0 saturated heterocycles. The van der Waals surface area contributed by atoms with Crippen molar-refractivity contribution in [3.05, 3.63) is 23.5 Å². The van der Waals surface area contributed by atoms with Crippen molar-refractivity contribution in [3.8, 4) is 0 Å². The first kappa shape index (κ1) is 7.85. The Hall–Kier alpha value is -1.25. The second kappa shape index (κ2) is 2.78. The van der Waals surface area contributed by atoms with E-state index < -0.39 is 0 Å². The zero-order valence-corrected chi connectivity index (χ0v) is 6.92. The number of aryl methyl sites for hydroxylation is 1. The predicted octanol–water partition coefficient (Wildman–Crippen LogP) is 1.12. The number of carbonyl (C=O) groups excluding carboxylic acids is 1. The molecule has 0 fully saturated rings. The molecule has 0 aliphatic carbocycles. The Labute approximate surface area is 65.6 Å². The third-order valence-corrected chi connectivity index (χ3v) is 1.77. The van der Waals surface area contributed by atoms with Crippen LogP contribution in [0.4, 0.5) is 0 Å². The standard InChI is InChI=1S/C8H11NO2/c1-6-4-5-7(9(6)2)8(10)11-3/h4-5H,1-3H3. The molecule has 3 heteroatoms. The molecule has 0 radical (unpaired) electrons. The van der Waals surface area contributed by atoms with E-state index in [0.29, 0.717) is 5.69 Å². The number of carbonyl (C=O) groups is 1. The molecule has 0 bridgehead atoms. The summed E-state index contributed by atoms with van der Waals surface area (Å²) in [4.78, 5) is 11.0. The number of esters is 1. The molecule has 1 rings (SSSR count). The van der Waals surface area contributed by atoms with E-state index in [0.717, 1.165) is 5.69 Å². The van der Waals surface area contributed by atoms with Crippen LogP contribution in [0.2, 0.25) is 0 Å². The van der Waals surface area contributed by atoms with E-state index in [-0.39, 0.29) is 5.97 Å². The largest absolute Gasteiger partial charge is 0.464 e. The Bertz CT molecular complexity index is 276. The van der Waals surface area contributed by atoms with Gasteiger partial charge in [-0.15, -0.1) is 0 Å². The van der Waals surface area contributed by atoms with Crippen LogP contribution in [0.15, 0.2) is 12.1 Å². The quantitative estimate of drug-likeness (QED) is 0.566. The van der Waals surface area contributed by atoms with Gasteiger partial charge in [-0.3, -0.25) is 0 Å². The summed E-state index contributed by atoms with van der Waals surface area (Å²) < 4.78 is 6.37. The van der Waals surface area contributed by atoms with Crippen LogP contribution >= 0.6 is 0 Å². The zero-order valence-electron chi connectivity index (χ0n) is 6.92. The van der Waals surface area contributed by atoms with Gasteiger partial charge in [0.05, 0.1) is 7.11 Å². The summed E-state index contributed by atoms with van der Waals surface area (Å²) in [5, 5.41) is 0. The van der Waals surface area contributed by atoms with Gasteiger partial charge in [-0.1, -0.05) is 0 Å². The summed E-state index contributed by atoms with van der Waals surface area (Å²) >= 11 is 0. The second-order valence-corrected chi connectivity index (χ2v) is 2.41. The Morgan fingerprint density at radius 1 is 1.55 bits per heavy atom. The summed E-state index contributed by atoms with van der Waals surface area (Å²) in [6.45, 7) is 1.94. The SMILES string of the molecule is COC(=O)c1ccc(C)n1C. The third kappa shape index (κ3) is 1.27. The van der Waals surface area contributed by atoms with E-state index in [9.17, 15) is 4.79 Å². The van der Waals surface area contributed by atoms with E-state index in [1.807, 2.05) is 20.0 Å². The second-order valence-electron chi connectivity index (χ2n) is 2.41. The van der Waals surface area contributed by atoms with E-state index in [1.54, 1.807) is 10.6 Å². The Kier molecular flexibility index (Phi) is 1.98. The lowest BCUT2D eigenvalue weighted by molar-refractivity contribution is 0.0589. The molecule has 0 amide bonds. The molecule has 0 aliphatic rings. The number of nitrogens with zero attached hydrogens (tertiary/aromatic N) is 1. The first-order valence-corrected chi connectivity index (χ1v) is 3.37. The highest BCUT2D eigenvalue weighted by atomic mass is 16.5. The van der Waals surface area contributed by atoms with Crippen molar-refractivity contribution in [2.24, 2.45) is 7.05 Å². The minimum Gasteiger partial charge on any atom is -0.464 e. The molecule has 1 aromatic heterocycles. The molecule has 3 nitrogen and oxygen atoms in total. The molecule has 0 aromatic carbocycles. The topological polar surface area (TPSA) is 31.2 Å². The minimum atomic E-state index is -0.291. The van der Waals surface area contributed by atoms with E-state index in [2.05, 4.69) is 4.74 Å². The number of rotatable bonds is 1. The summed E-state index contributed by atoms with van der Waals surface area (Å²) in [6.07, 6.45) is 0. The van der Waals surface area contributed by atoms with Crippen LogP contribution in [0.25, 0.3) is 0 Å². The number of ether oxygens (including phenoxy) is 1. The van der Waals surface area contributed by atoms with Crippen LogP contribution in [0, 0.1) is 6.92 Å². The lowest BCUT2D eigenvalue weighted by atomic mass is 10.4. The highest BCUT2D eigenvalue weighted by molar-refractivity contribution is 5.87. The summed E-state index contributed by atoms with van der Waals surface area (Å²) in [5.74, 6) is -0.291. The summed E-state index contributed by atoms with van der Waals surface area (Å²) in [7, 11) is 3.21. The van der Waals surface area contributed by atoms with Gasteiger partial charge in [-0.05, 0) is 19.1 Å². The van der Waals surface area contributed by atoms with Crippen LogP contribution in [0.3, 0.4) is 0 Å². The number of methoxy groups -OCH3 is 1. The van der Waals surface area contributed by atoms with Gasteiger partial charge in [0.15, 0.2) is 0 Å². The maximum Gasteiger partial charge on any atom is 0.354 e. The average molecular weight is 153 g/mol. The lowest BCUT2D eigenvalue weighted by Crippen LogP contribution is -2.07. The van der Waals surface area contributed by atoms with E-state index in [4.69, 9.17) is 0 Å². The van der Waals surface area contributed by atoms with Gasteiger partial charge in [0, 0.05) is 12.7 Å². The van der Waals surface area contributed by atoms with Crippen molar-refractivity contribution in [1.29, 1.82) is 0 Å². The van der Waals surface area contributed by atoms with Crippen molar-refractivity contribution >= 4 is 5.97 Å². The monoisotopic (exact) mass is 153 g/mol. The van der Waals surface area contributed by atoms with Crippen molar-refractivity contribution in [2.75, 3.05) is 7.11 Å². The van der Waals surface area contributed by atoms with Gasteiger partial charge in [0.1, 0.15) is 5.69 Å². The first-order chi connectivity index (χ1) is 5.16. The smallest absolute Gasteiger partial charge is 0.354 e. The Balaban J connectivity index is 3.04. The Morgan fingerprint density at radius 3 is 2.55 bits per heavy atom. The van der Waals surface area contributed by atoms with Gasteiger partial charge in [-0.2, -0.15) is 0 Å². The highest BCUT2D eigenvalue weighted by Crippen LogP contribution is 2.06. The fourth-order valence-corrected chi connectivity index (χ4v) is 0.923. The van der Waals surface area contributed by atoms with Crippen LogP contribution < -0.4 is 0 Å². The molecular formula is C8H11NO2. The van der Waals surface area contributed by atoms with Gasteiger partial charge in [-0.25, -0.2) is 4.79 Å². The molecule has 60 valence electrons. The number of aromatic nitrogens is 1. The van der Waals surface area contributed by atoms with Gasteiger partial charge >= 0.3 is 5.97 Å². The molecule has 0 aliphatic heterocycles. The normalized spacial score (nSPS) is 9.73. The van der Waals surface area contributed by atoms with Crippen LogP contribution in [0.1, 0.15) is 16.2 Å². The predicted molar refractivity (Wildman–Crippen MR) is 41.5 cm³/mol. The van der Waals surface area contributed by atoms with Gasteiger partial charge < -0.3 is 9.30 Å². The molecular weight excluding hydrogens is 142 g/mol. The molecule has 1 aromatic rings. The molecule has 11 heavy (non-hydrogen) atoms. The van der Waals surface area contributed by atoms with E-state index in [1.165, 1.54) is 7.11 Å². The van der Waals surface area contributed by atoms with Crippen LogP contribution in [-0.4, -0.2) is 17.6 Å². The van der Waals surface area contributed by atoms with Crippen molar-refractivity contribution in [3.63, 3.8) is 0 Å². The maximum atomic E-state index is 11.0. The maximum absolute atomic E-state index is 11.0. The number of hydrogen-bond donors (Lipinski definition) is 0. The zero-order chi connectivity index (χ0) is 8.43. The van der Waals surface area contributed by atoms with Crippen molar-refractivity contribution in [1.82, 2.24) is 4.57 Å². The van der Waals surface area contributed by atoms with Crippen LogP contribution in [0.5, 0.6) is 0 Å². The summed E-state index contributed by atoms with van der Waals surface area (Å²) in [6, 6.07) is 3.63. The molecule has 0 unspecified atom stereocenters. The molecule has 0 atom stereocenters. The first-order valence-electron chi connectivity index (χ1n) is 3.37. The third-order valence-electron chi connectivity index (χ3n) is 1.77. The van der Waals surface area contributed by atoms with Crippen molar-refractivity contribution in [2.45, 2.75) is 6.92 Å². The highest BCUT2D eigenvalue weighted by Gasteiger charge is 2.09. The number of hydrogen-bond acceptors (Lipinski definition) is 2. The fraction of sp³-hybridized carbons (Fsp3) is 0.375. The van der Waals surface area contributed by atoms with E-state index >= 15 is 0 Å². The fourth-order valence-electron chi connectivity index (χ4n) is 0.923. The Morgan fingerprint density at radius 2 is 2.18 bits per heavy atom. The minimum absolute atomic E-state index is 0.291. The molecule has 0 N–H and O–H groups in total. The average Bonchev–Trinajstić information content (AvgIpc) is 2.32. The summed E-state index contributed by atoms with van der Waals surface area (Å²) in [5.41, 5.74) is 1.63. The van der Waals surface area contributed by atoms with Gasteiger partial charge in [0.25, 0.3) is 0 Å². The molecule has 0 spiro atoms. The van der Waals surface area contributed by atoms with Crippen LogP contribution in [-0.2, 0) is 11.8 Å².